The maximum Gasteiger partial charge on any atom is 0.197 e. The zero-order chi connectivity index (χ0) is 15.7. The molecule has 0 bridgehead atoms. The SMILES string of the molecule is COc1[c]c2oc(-c3ccc(OC)cc3)cc(=O)c2c(O)c1. The Morgan fingerprint density at radius 1 is 1.09 bits per heavy atom. The number of ether oxygens (including phenoxy) is 2. The first kappa shape index (κ1) is 14.0. The summed E-state index contributed by atoms with van der Waals surface area (Å²) in [5, 5.41) is 10.00. The lowest BCUT2D eigenvalue weighted by atomic mass is 10.1. The minimum absolute atomic E-state index is 0.0815. The van der Waals surface area contributed by atoms with Crippen LogP contribution in [0, 0.1) is 6.07 Å². The number of aromatic hydroxyl groups is 1. The first-order chi connectivity index (χ1) is 10.6. The molecular weight excluding hydrogens is 284 g/mol. The number of fused-ring (bicyclic) bond motifs is 1. The summed E-state index contributed by atoms with van der Waals surface area (Å²) >= 11 is 0. The van der Waals surface area contributed by atoms with Gasteiger partial charge in [-0.3, -0.25) is 4.79 Å². The third kappa shape index (κ3) is 2.37. The molecule has 0 fully saturated rings. The van der Waals surface area contributed by atoms with E-state index in [0.29, 0.717) is 17.3 Å². The molecule has 1 radical (unpaired) electrons. The fourth-order valence-electron chi connectivity index (χ4n) is 2.18. The van der Waals surface area contributed by atoms with E-state index in [2.05, 4.69) is 6.07 Å². The Hall–Kier alpha value is -2.95. The van der Waals surface area contributed by atoms with Crippen LogP contribution in [0.15, 0.2) is 45.6 Å². The maximum atomic E-state index is 12.2. The van der Waals surface area contributed by atoms with E-state index in [1.165, 1.54) is 19.2 Å². The minimum atomic E-state index is -0.344. The van der Waals surface area contributed by atoms with Gasteiger partial charge in [0.2, 0.25) is 0 Å². The van der Waals surface area contributed by atoms with Crippen LogP contribution < -0.4 is 14.9 Å². The van der Waals surface area contributed by atoms with Gasteiger partial charge in [-0.1, -0.05) is 0 Å². The summed E-state index contributed by atoms with van der Waals surface area (Å²) in [4.78, 5) is 12.2. The highest BCUT2D eigenvalue weighted by Gasteiger charge is 2.13. The van der Waals surface area contributed by atoms with Crippen LogP contribution in [0.2, 0.25) is 0 Å². The Morgan fingerprint density at radius 3 is 2.45 bits per heavy atom. The van der Waals surface area contributed by atoms with E-state index in [-0.39, 0.29) is 22.1 Å². The smallest absolute Gasteiger partial charge is 0.197 e. The van der Waals surface area contributed by atoms with E-state index >= 15 is 0 Å². The number of methoxy groups -OCH3 is 2. The Labute approximate surface area is 126 Å². The largest absolute Gasteiger partial charge is 0.507 e. The van der Waals surface area contributed by atoms with Gasteiger partial charge in [-0.15, -0.1) is 0 Å². The van der Waals surface area contributed by atoms with Gasteiger partial charge >= 0.3 is 0 Å². The molecule has 2 aromatic carbocycles. The zero-order valence-corrected chi connectivity index (χ0v) is 12.0. The number of rotatable bonds is 3. The van der Waals surface area contributed by atoms with Crippen LogP contribution in [0.25, 0.3) is 22.3 Å². The van der Waals surface area contributed by atoms with Crippen LogP contribution in [0.1, 0.15) is 0 Å². The van der Waals surface area contributed by atoms with Crippen molar-refractivity contribution in [3.05, 3.63) is 52.7 Å². The maximum absolute atomic E-state index is 12.2. The second kappa shape index (κ2) is 5.44. The van der Waals surface area contributed by atoms with Gasteiger partial charge in [-0.25, -0.2) is 0 Å². The van der Waals surface area contributed by atoms with E-state index in [1.807, 2.05) is 0 Å². The molecule has 0 saturated carbocycles. The Kier molecular flexibility index (Phi) is 3.47. The molecule has 0 saturated heterocycles. The summed E-state index contributed by atoms with van der Waals surface area (Å²) in [6, 6.07) is 12.6. The van der Waals surface area contributed by atoms with Crippen LogP contribution in [0.4, 0.5) is 0 Å². The number of hydrogen-bond donors (Lipinski definition) is 1. The van der Waals surface area contributed by atoms with Crippen molar-refractivity contribution in [2.24, 2.45) is 0 Å². The van der Waals surface area contributed by atoms with E-state index in [9.17, 15) is 9.90 Å². The summed E-state index contributed by atoms with van der Waals surface area (Å²) in [5.74, 6) is 1.18. The molecule has 111 valence electrons. The molecule has 5 heteroatoms. The Balaban J connectivity index is 2.20. The molecule has 0 atom stereocenters. The molecule has 0 aliphatic carbocycles. The topological polar surface area (TPSA) is 68.9 Å². The van der Waals surface area contributed by atoms with Crippen molar-refractivity contribution in [2.75, 3.05) is 14.2 Å². The number of hydrogen-bond acceptors (Lipinski definition) is 5. The van der Waals surface area contributed by atoms with Crippen LogP contribution in [0.5, 0.6) is 17.2 Å². The molecule has 22 heavy (non-hydrogen) atoms. The van der Waals surface area contributed by atoms with Gasteiger partial charge in [-0.05, 0) is 24.3 Å². The van der Waals surface area contributed by atoms with Crippen molar-refractivity contribution in [1.29, 1.82) is 0 Å². The standard InChI is InChI=1S/C17H13O5/c1-20-11-5-3-10(4-6-11)15-9-14(19)17-13(18)7-12(21-2)8-16(17)22-15/h3-7,9,18H,1-2H3. The first-order valence-corrected chi connectivity index (χ1v) is 6.54. The summed E-state index contributed by atoms with van der Waals surface area (Å²) in [7, 11) is 3.03. The lowest BCUT2D eigenvalue weighted by Crippen LogP contribution is -2.01. The van der Waals surface area contributed by atoms with Gasteiger partial charge in [0.15, 0.2) is 11.0 Å². The molecule has 1 N–H and O–H groups in total. The monoisotopic (exact) mass is 297 g/mol. The molecule has 3 rings (SSSR count). The molecule has 0 aliphatic rings. The fraction of sp³-hybridized carbons (Fsp3) is 0.118. The van der Waals surface area contributed by atoms with Gasteiger partial charge in [0.25, 0.3) is 0 Å². The Morgan fingerprint density at radius 2 is 1.82 bits per heavy atom. The second-order valence-electron chi connectivity index (χ2n) is 4.63. The normalized spacial score (nSPS) is 10.6. The van der Waals surface area contributed by atoms with E-state index in [1.54, 1.807) is 31.4 Å². The quantitative estimate of drug-likeness (QED) is 0.805. The average molecular weight is 297 g/mol. The van der Waals surface area contributed by atoms with Gasteiger partial charge < -0.3 is 19.0 Å². The second-order valence-corrected chi connectivity index (χ2v) is 4.63. The van der Waals surface area contributed by atoms with E-state index < -0.39 is 0 Å². The summed E-state index contributed by atoms with van der Waals surface area (Å²) in [6.45, 7) is 0. The number of benzene rings is 2. The molecular formula is C17H13O5. The highest BCUT2D eigenvalue weighted by molar-refractivity contribution is 5.85. The average Bonchev–Trinajstić information content (AvgIpc) is 2.54. The predicted octanol–water partition coefficient (Wildman–Crippen LogP) is 2.98. The van der Waals surface area contributed by atoms with Crippen molar-refractivity contribution in [2.45, 2.75) is 0 Å². The Bertz CT molecular complexity index is 878. The summed E-state index contributed by atoms with van der Waals surface area (Å²) in [5.41, 5.74) is 0.522. The summed E-state index contributed by atoms with van der Waals surface area (Å²) in [6.07, 6.45) is 0. The number of phenols is 1. The fourth-order valence-corrected chi connectivity index (χ4v) is 2.18. The van der Waals surface area contributed by atoms with Crippen molar-refractivity contribution in [3.63, 3.8) is 0 Å². The molecule has 5 nitrogen and oxygen atoms in total. The van der Waals surface area contributed by atoms with Crippen molar-refractivity contribution >= 4 is 11.0 Å². The van der Waals surface area contributed by atoms with Crippen molar-refractivity contribution in [3.8, 4) is 28.6 Å². The van der Waals surface area contributed by atoms with Crippen molar-refractivity contribution < 1.29 is 19.0 Å². The predicted molar refractivity (Wildman–Crippen MR) is 81.5 cm³/mol. The van der Waals surface area contributed by atoms with Crippen molar-refractivity contribution in [1.82, 2.24) is 0 Å². The molecule has 0 unspecified atom stereocenters. The van der Waals surface area contributed by atoms with Gasteiger partial charge in [0.1, 0.15) is 28.4 Å². The van der Waals surface area contributed by atoms with Crippen LogP contribution >= 0.6 is 0 Å². The third-order valence-corrected chi connectivity index (χ3v) is 3.30. The van der Waals surface area contributed by atoms with E-state index in [0.717, 1.165) is 5.56 Å². The molecule has 1 heterocycles. The summed E-state index contributed by atoms with van der Waals surface area (Å²) < 4.78 is 15.8. The van der Waals surface area contributed by atoms with E-state index in [4.69, 9.17) is 13.9 Å². The zero-order valence-electron chi connectivity index (χ0n) is 12.0. The first-order valence-electron chi connectivity index (χ1n) is 6.54. The third-order valence-electron chi connectivity index (χ3n) is 3.30. The van der Waals surface area contributed by atoms with Gasteiger partial charge in [0, 0.05) is 17.7 Å². The van der Waals surface area contributed by atoms with Crippen LogP contribution in [0.3, 0.4) is 0 Å². The van der Waals surface area contributed by atoms with Gasteiger partial charge in [-0.2, -0.15) is 0 Å². The lowest BCUT2D eigenvalue weighted by molar-refractivity contribution is 0.407. The minimum Gasteiger partial charge on any atom is -0.507 e. The number of phenolic OH excluding ortho intramolecular Hbond substituents is 1. The van der Waals surface area contributed by atoms with Crippen LogP contribution in [-0.4, -0.2) is 19.3 Å². The lowest BCUT2D eigenvalue weighted by Gasteiger charge is -2.07. The molecule has 0 amide bonds. The highest BCUT2D eigenvalue weighted by Crippen LogP contribution is 2.30. The molecule has 1 aromatic heterocycles. The molecule has 0 spiro atoms. The highest BCUT2D eigenvalue weighted by atomic mass is 16.5. The molecule has 3 aromatic rings. The van der Waals surface area contributed by atoms with Gasteiger partial charge in [0.05, 0.1) is 20.3 Å². The molecule has 0 aliphatic heterocycles. The van der Waals surface area contributed by atoms with Crippen LogP contribution in [-0.2, 0) is 0 Å².